The monoisotopic (exact) mass is 442 g/mol. The van der Waals surface area contributed by atoms with Gasteiger partial charge in [0.15, 0.2) is 5.58 Å². The Morgan fingerprint density at radius 1 is 1.19 bits per heavy atom. The van der Waals surface area contributed by atoms with E-state index in [0.29, 0.717) is 16.4 Å². The fraction of sp³-hybridized carbons (Fsp3) is 0.158. The van der Waals surface area contributed by atoms with Crippen molar-refractivity contribution in [2.24, 2.45) is 0 Å². The van der Waals surface area contributed by atoms with Crippen molar-refractivity contribution in [3.63, 3.8) is 0 Å². The number of likely N-dealkylation sites (N-methyl/N-ethyl adjacent to an activating group) is 1. The molecule has 2 aromatic carbocycles. The van der Waals surface area contributed by atoms with Gasteiger partial charge in [0, 0.05) is 22.5 Å². The first-order valence-corrected chi connectivity index (χ1v) is 9.83. The average Bonchev–Trinajstić information content (AvgIpc) is 3.29. The minimum absolute atomic E-state index is 0.120. The molecule has 4 rings (SSSR count). The molecule has 0 fully saturated rings. The second kappa shape index (κ2) is 7.21. The van der Waals surface area contributed by atoms with Crippen LogP contribution in [-0.2, 0) is 11.2 Å². The fourth-order valence-corrected chi connectivity index (χ4v) is 3.75. The van der Waals surface area contributed by atoms with Gasteiger partial charge in [0.1, 0.15) is 10.7 Å². The molecule has 0 aliphatic heterocycles. The minimum atomic E-state index is -0.120. The van der Waals surface area contributed by atoms with Gasteiger partial charge in [0.25, 0.3) is 0 Å². The van der Waals surface area contributed by atoms with Crippen LogP contribution in [0.2, 0.25) is 0 Å². The van der Waals surface area contributed by atoms with Gasteiger partial charge in [0.05, 0.1) is 6.42 Å². The molecule has 0 N–H and O–H groups in total. The van der Waals surface area contributed by atoms with Crippen LogP contribution in [0.15, 0.2) is 51.5 Å². The maximum absolute atomic E-state index is 12.7. The summed E-state index contributed by atoms with van der Waals surface area (Å²) in [5, 5.41) is 14.6. The number of hydrogen-bond acceptors (Lipinski definition) is 6. The van der Waals surface area contributed by atoms with E-state index < -0.39 is 0 Å². The predicted molar refractivity (Wildman–Crippen MR) is 109 cm³/mol. The number of carbonyl (C=O) groups is 1. The van der Waals surface area contributed by atoms with Gasteiger partial charge in [-0.15, -0.1) is 10.2 Å². The van der Waals surface area contributed by atoms with Crippen LogP contribution in [0, 0.1) is 6.92 Å². The summed E-state index contributed by atoms with van der Waals surface area (Å²) in [6.45, 7) is 2.00. The Morgan fingerprint density at radius 3 is 2.74 bits per heavy atom. The molecule has 2 aromatic heterocycles. The number of halogens is 1. The number of amides is 1. The van der Waals surface area contributed by atoms with Crippen LogP contribution >= 0.6 is 27.3 Å². The molecule has 2 heterocycles. The molecular formula is C19H15BrN4O2S. The summed E-state index contributed by atoms with van der Waals surface area (Å²) in [6, 6.07) is 13.6. The molecule has 1 amide bonds. The molecule has 0 unspecified atom stereocenters. The Hall–Kier alpha value is -2.58. The summed E-state index contributed by atoms with van der Waals surface area (Å²) in [7, 11) is 1.70. The number of aryl methyl sites for hydroxylation is 1. The molecule has 4 aromatic rings. The summed E-state index contributed by atoms with van der Waals surface area (Å²) in [6.07, 6.45) is 0.139. The van der Waals surface area contributed by atoms with E-state index in [1.54, 1.807) is 7.05 Å². The highest BCUT2D eigenvalue weighted by atomic mass is 79.9. The fourth-order valence-electron chi connectivity index (χ4n) is 2.66. The highest BCUT2D eigenvalue weighted by Gasteiger charge is 2.20. The number of nitrogens with zero attached hydrogens (tertiary/aromatic N) is 4. The molecule has 0 atom stereocenters. The van der Waals surface area contributed by atoms with Crippen molar-refractivity contribution in [1.82, 2.24) is 15.4 Å². The molecule has 0 spiro atoms. The second-order valence-corrected chi connectivity index (χ2v) is 8.03. The highest BCUT2D eigenvalue weighted by molar-refractivity contribution is 9.10. The molecule has 27 heavy (non-hydrogen) atoms. The molecule has 0 saturated heterocycles. The summed E-state index contributed by atoms with van der Waals surface area (Å²) in [5.41, 5.74) is 3.36. The Kier molecular flexibility index (Phi) is 4.75. The molecule has 0 radical (unpaired) electrons. The van der Waals surface area contributed by atoms with E-state index in [-0.39, 0.29) is 12.3 Å². The van der Waals surface area contributed by atoms with Gasteiger partial charge in [-0.25, -0.2) is 0 Å². The number of hydrogen-bond donors (Lipinski definition) is 0. The standard InChI is InChI=1S/C19H15BrN4O2S/c1-11-3-8-16-14(9-11)15(23-26-16)10-17(25)24(2)19-22-21-18(27-19)12-4-6-13(20)7-5-12/h3-9H,10H2,1-2H3. The van der Waals surface area contributed by atoms with Gasteiger partial charge in [-0.3, -0.25) is 9.69 Å². The third-order valence-electron chi connectivity index (χ3n) is 4.19. The molecule has 0 bridgehead atoms. The van der Waals surface area contributed by atoms with Gasteiger partial charge < -0.3 is 4.52 Å². The van der Waals surface area contributed by atoms with Crippen LogP contribution in [0.25, 0.3) is 21.5 Å². The highest BCUT2D eigenvalue weighted by Crippen LogP contribution is 2.29. The third-order valence-corrected chi connectivity index (χ3v) is 5.76. The zero-order valence-electron chi connectivity index (χ0n) is 14.6. The van der Waals surface area contributed by atoms with Crippen molar-refractivity contribution in [3.05, 3.63) is 58.2 Å². The van der Waals surface area contributed by atoms with E-state index >= 15 is 0 Å². The van der Waals surface area contributed by atoms with E-state index in [1.165, 1.54) is 16.2 Å². The van der Waals surface area contributed by atoms with E-state index in [2.05, 4.69) is 31.3 Å². The normalized spacial score (nSPS) is 11.1. The number of benzene rings is 2. The molecule has 0 aliphatic rings. The van der Waals surface area contributed by atoms with Crippen LogP contribution in [0.3, 0.4) is 0 Å². The number of anilines is 1. The van der Waals surface area contributed by atoms with E-state index in [9.17, 15) is 4.79 Å². The van der Waals surface area contributed by atoms with Crippen molar-refractivity contribution < 1.29 is 9.32 Å². The Labute approximate surface area is 167 Å². The molecular weight excluding hydrogens is 428 g/mol. The van der Waals surface area contributed by atoms with Gasteiger partial charge in [-0.2, -0.15) is 0 Å². The molecule has 0 saturated carbocycles. The lowest BCUT2D eigenvalue weighted by Crippen LogP contribution is -2.27. The van der Waals surface area contributed by atoms with Crippen LogP contribution in [0.1, 0.15) is 11.3 Å². The third kappa shape index (κ3) is 3.63. The SMILES string of the molecule is Cc1ccc2onc(CC(=O)N(C)c3nnc(-c4ccc(Br)cc4)s3)c2c1. The maximum atomic E-state index is 12.7. The Balaban J connectivity index is 1.54. The van der Waals surface area contributed by atoms with Crippen molar-refractivity contribution in [3.8, 4) is 10.6 Å². The van der Waals surface area contributed by atoms with Crippen molar-refractivity contribution in [2.45, 2.75) is 13.3 Å². The summed E-state index contributed by atoms with van der Waals surface area (Å²) >= 11 is 4.79. The van der Waals surface area contributed by atoms with Gasteiger partial charge in [0.2, 0.25) is 11.0 Å². The Bertz CT molecular complexity index is 1120. The summed E-state index contributed by atoms with van der Waals surface area (Å²) < 4.78 is 6.31. The van der Waals surface area contributed by atoms with Crippen molar-refractivity contribution in [1.29, 1.82) is 0 Å². The molecule has 0 aliphatic carbocycles. The van der Waals surface area contributed by atoms with Gasteiger partial charge >= 0.3 is 0 Å². The molecule has 6 nitrogen and oxygen atoms in total. The van der Waals surface area contributed by atoms with E-state index in [0.717, 1.165) is 26.0 Å². The lowest BCUT2D eigenvalue weighted by molar-refractivity contribution is -0.117. The van der Waals surface area contributed by atoms with E-state index in [1.807, 2.05) is 49.4 Å². The maximum Gasteiger partial charge on any atom is 0.234 e. The van der Waals surface area contributed by atoms with Crippen LogP contribution < -0.4 is 4.90 Å². The number of carbonyl (C=O) groups excluding carboxylic acids is 1. The zero-order chi connectivity index (χ0) is 19.0. The quantitative estimate of drug-likeness (QED) is 0.460. The largest absolute Gasteiger partial charge is 0.356 e. The topological polar surface area (TPSA) is 72.1 Å². The summed E-state index contributed by atoms with van der Waals surface area (Å²) in [4.78, 5) is 14.2. The van der Waals surface area contributed by atoms with Gasteiger partial charge in [-0.1, -0.05) is 56.2 Å². The van der Waals surface area contributed by atoms with Crippen molar-refractivity contribution >= 4 is 49.3 Å². The lowest BCUT2D eigenvalue weighted by atomic mass is 10.1. The predicted octanol–water partition coefficient (Wildman–Crippen LogP) is 4.62. The average molecular weight is 443 g/mol. The van der Waals surface area contributed by atoms with Crippen LogP contribution in [0.4, 0.5) is 5.13 Å². The first-order chi connectivity index (χ1) is 13.0. The second-order valence-electron chi connectivity index (χ2n) is 6.16. The minimum Gasteiger partial charge on any atom is -0.356 e. The Morgan fingerprint density at radius 2 is 1.96 bits per heavy atom. The first-order valence-electron chi connectivity index (χ1n) is 8.22. The number of rotatable bonds is 4. The number of fused-ring (bicyclic) bond motifs is 1. The van der Waals surface area contributed by atoms with Crippen LogP contribution in [0.5, 0.6) is 0 Å². The zero-order valence-corrected chi connectivity index (χ0v) is 17.0. The molecule has 136 valence electrons. The van der Waals surface area contributed by atoms with Crippen molar-refractivity contribution in [2.75, 3.05) is 11.9 Å². The van der Waals surface area contributed by atoms with Gasteiger partial charge in [-0.05, 0) is 31.2 Å². The smallest absolute Gasteiger partial charge is 0.234 e. The van der Waals surface area contributed by atoms with Crippen LogP contribution in [-0.4, -0.2) is 28.3 Å². The molecule has 8 heteroatoms. The summed E-state index contributed by atoms with van der Waals surface area (Å²) in [5.74, 6) is -0.120. The lowest BCUT2D eigenvalue weighted by Gasteiger charge is -2.11. The first kappa shape index (κ1) is 17.8. The number of aromatic nitrogens is 3. The van der Waals surface area contributed by atoms with E-state index in [4.69, 9.17) is 4.52 Å².